The molecule has 0 radical (unpaired) electrons. The lowest BCUT2D eigenvalue weighted by atomic mass is 10.1. The van der Waals surface area contributed by atoms with Crippen molar-refractivity contribution >= 4 is 28.7 Å². The van der Waals surface area contributed by atoms with E-state index in [1.165, 1.54) is 12.5 Å². The summed E-state index contributed by atoms with van der Waals surface area (Å²) >= 11 is 1.68. The van der Waals surface area contributed by atoms with E-state index in [1.54, 1.807) is 24.1 Å². The van der Waals surface area contributed by atoms with Gasteiger partial charge in [-0.15, -0.1) is 0 Å². The van der Waals surface area contributed by atoms with E-state index in [0.29, 0.717) is 6.04 Å². The van der Waals surface area contributed by atoms with Crippen molar-refractivity contribution in [1.82, 2.24) is 18.8 Å². The van der Waals surface area contributed by atoms with Crippen molar-refractivity contribution in [2.75, 3.05) is 26.2 Å². The molecule has 2 heterocycles. The fourth-order valence-corrected chi connectivity index (χ4v) is 4.54. The van der Waals surface area contributed by atoms with Crippen LogP contribution in [0.5, 0.6) is 0 Å². The van der Waals surface area contributed by atoms with Crippen molar-refractivity contribution in [3.8, 4) is 0 Å². The van der Waals surface area contributed by atoms with E-state index in [4.69, 9.17) is 0 Å². The van der Waals surface area contributed by atoms with Gasteiger partial charge in [-0.1, -0.05) is 13.8 Å². The fourth-order valence-electron chi connectivity index (χ4n) is 3.44. The third-order valence-electron chi connectivity index (χ3n) is 5.13. The van der Waals surface area contributed by atoms with Gasteiger partial charge in [-0.2, -0.15) is 0 Å². The first kappa shape index (κ1) is 19.1. The summed E-state index contributed by atoms with van der Waals surface area (Å²) in [6.45, 7) is 11.8. The number of hydrogen-bond donors (Lipinski definition) is 0. The van der Waals surface area contributed by atoms with Crippen LogP contribution in [-0.4, -0.2) is 55.9 Å². The van der Waals surface area contributed by atoms with E-state index in [1.807, 2.05) is 0 Å². The zero-order valence-electron chi connectivity index (χ0n) is 15.7. The highest BCUT2D eigenvalue weighted by Crippen LogP contribution is 2.34. The predicted molar refractivity (Wildman–Crippen MR) is 105 cm³/mol. The lowest BCUT2D eigenvalue weighted by Gasteiger charge is -2.32. The second-order valence-electron chi connectivity index (χ2n) is 6.73. The molecule has 3 rings (SSSR count). The summed E-state index contributed by atoms with van der Waals surface area (Å²) < 4.78 is 4.50. The predicted octanol–water partition coefficient (Wildman–Crippen LogP) is 3.78. The normalized spacial score (nSPS) is 16.2. The van der Waals surface area contributed by atoms with Gasteiger partial charge in [0, 0.05) is 31.3 Å². The Balaban J connectivity index is 1.65. The van der Waals surface area contributed by atoms with Crippen LogP contribution in [0.3, 0.4) is 0 Å². The lowest BCUT2D eigenvalue weighted by molar-refractivity contribution is -0.384. The molecule has 1 aliphatic rings. The number of nitro groups is 1. The van der Waals surface area contributed by atoms with Gasteiger partial charge in [0.25, 0.3) is 5.69 Å². The number of benzene rings is 1. The maximum atomic E-state index is 11.0. The van der Waals surface area contributed by atoms with Crippen LogP contribution in [0.2, 0.25) is 0 Å². The molecule has 0 aliphatic carbocycles. The van der Waals surface area contributed by atoms with Gasteiger partial charge in [-0.05, 0) is 57.4 Å². The summed E-state index contributed by atoms with van der Waals surface area (Å²) in [5, 5.41) is 12.0. The summed E-state index contributed by atoms with van der Waals surface area (Å²) in [5.41, 5.74) is 1.81. The molecule has 0 saturated heterocycles. The number of nitro benzene ring substituents is 1. The van der Waals surface area contributed by atoms with Crippen molar-refractivity contribution in [2.24, 2.45) is 0 Å². The largest absolute Gasteiger partial charge is 0.316 e. The lowest BCUT2D eigenvalue weighted by Crippen LogP contribution is -2.34. The van der Waals surface area contributed by atoms with Gasteiger partial charge in [0.2, 0.25) is 0 Å². The average Bonchev–Trinajstić information content (AvgIpc) is 3.01. The van der Waals surface area contributed by atoms with Crippen LogP contribution in [0, 0.1) is 10.1 Å². The molecule has 1 aromatic carbocycles. The third-order valence-corrected chi connectivity index (χ3v) is 6.38. The Morgan fingerprint density at radius 2 is 2.12 bits per heavy atom. The van der Waals surface area contributed by atoms with E-state index < -0.39 is 0 Å². The topological polar surface area (TPSA) is 67.4 Å². The van der Waals surface area contributed by atoms with Crippen molar-refractivity contribution < 1.29 is 4.92 Å². The van der Waals surface area contributed by atoms with Crippen molar-refractivity contribution in [1.29, 1.82) is 0 Å². The summed E-state index contributed by atoms with van der Waals surface area (Å²) in [5.74, 6) is 0. The van der Waals surface area contributed by atoms with Gasteiger partial charge in [0.05, 0.1) is 16.0 Å². The number of nitrogens with zero attached hydrogens (tertiary/aromatic N) is 5. The monoisotopic (exact) mass is 377 g/mol. The molecular weight excluding hydrogens is 350 g/mol. The van der Waals surface area contributed by atoms with Gasteiger partial charge >= 0.3 is 0 Å². The molecule has 8 heteroatoms. The van der Waals surface area contributed by atoms with E-state index in [9.17, 15) is 10.1 Å². The molecular formula is C18H27N5O2S. The van der Waals surface area contributed by atoms with Gasteiger partial charge in [-0.25, -0.2) is 9.29 Å². The zero-order valence-corrected chi connectivity index (χ0v) is 16.5. The van der Waals surface area contributed by atoms with E-state index in [-0.39, 0.29) is 10.6 Å². The van der Waals surface area contributed by atoms with Gasteiger partial charge in [0.1, 0.15) is 0 Å². The molecule has 0 bridgehead atoms. The molecule has 0 spiro atoms. The summed E-state index contributed by atoms with van der Waals surface area (Å²) in [6, 6.07) is 5.39. The van der Waals surface area contributed by atoms with Gasteiger partial charge < -0.3 is 9.47 Å². The van der Waals surface area contributed by atoms with Crippen LogP contribution >= 0.6 is 11.9 Å². The van der Waals surface area contributed by atoms with E-state index in [0.717, 1.165) is 55.3 Å². The first-order valence-electron chi connectivity index (χ1n) is 9.35. The molecule has 2 aromatic rings. The summed E-state index contributed by atoms with van der Waals surface area (Å²) in [4.78, 5) is 17.8. The SMILES string of the molecule is CCN(CC)CCCC(C)N1CCn2c(nc3ccc([N+](=O)[O-])cc32)S1. The minimum absolute atomic E-state index is 0.123. The number of rotatable bonds is 8. The van der Waals surface area contributed by atoms with Crippen molar-refractivity contribution in [3.05, 3.63) is 28.3 Å². The molecule has 1 unspecified atom stereocenters. The van der Waals surface area contributed by atoms with Crippen LogP contribution in [0.15, 0.2) is 23.4 Å². The van der Waals surface area contributed by atoms with Crippen molar-refractivity contribution in [2.45, 2.75) is 51.4 Å². The Morgan fingerprint density at radius 3 is 2.81 bits per heavy atom. The molecule has 1 atom stereocenters. The van der Waals surface area contributed by atoms with E-state index >= 15 is 0 Å². The Hall–Kier alpha value is -1.64. The molecule has 1 aromatic heterocycles. The highest BCUT2D eigenvalue weighted by atomic mass is 32.2. The van der Waals surface area contributed by atoms with E-state index in [2.05, 4.69) is 39.5 Å². The summed E-state index contributed by atoms with van der Waals surface area (Å²) in [6.07, 6.45) is 2.36. The Morgan fingerprint density at radius 1 is 1.35 bits per heavy atom. The molecule has 7 nitrogen and oxygen atoms in total. The number of imidazole rings is 1. The van der Waals surface area contributed by atoms with Crippen LogP contribution in [-0.2, 0) is 6.54 Å². The minimum Gasteiger partial charge on any atom is -0.316 e. The Labute approximate surface area is 158 Å². The quantitative estimate of drug-likeness (QED) is 0.396. The Kier molecular flexibility index (Phi) is 6.16. The molecule has 1 aliphatic heterocycles. The second-order valence-corrected chi connectivity index (χ2v) is 7.74. The third kappa shape index (κ3) is 4.02. The minimum atomic E-state index is -0.348. The standard InChI is InChI=1S/C18H27N5O2S/c1-4-20(5-2)10-6-7-14(3)22-12-11-21-17-13-15(23(24)25)8-9-16(17)19-18(21)26-22/h8-9,13-14H,4-7,10-12H2,1-3H3. The molecule has 0 saturated carbocycles. The highest BCUT2D eigenvalue weighted by molar-refractivity contribution is 7.96. The average molecular weight is 378 g/mol. The number of fused-ring (bicyclic) bond motifs is 3. The van der Waals surface area contributed by atoms with Gasteiger partial charge in [0.15, 0.2) is 5.16 Å². The molecule has 26 heavy (non-hydrogen) atoms. The maximum absolute atomic E-state index is 11.0. The molecule has 0 amide bonds. The zero-order chi connectivity index (χ0) is 18.7. The summed E-state index contributed by atoms with van der Waals surface area (Å²) in [7, 11) is 0. The molecule has 0 fully saturated rings. The Bertz CT molecular complexity index is 774. The molecule has 142 valence electrons. The van der Waals surface area contributed by atoms with Crippen LogP contribution in [0.1, 0.15) is 33.6 Å². The van der Waals surface area contributed by atoms with Crippen LogP contribution in [0.25, 0.3) is 11.0 Å². The van der Waals surface area contributed by atoms with Crippen LogP contribution < -0.4 is 0 Å². The number of aromatic nitrogens is 2. The first-order chi connectivity index (χ1) is 12.5. The first-order valence-corrected chi connectivity index (χ1v) is 10.1. The number of non-ortho nitro benzene ring substituents is 1. The van der Waals surface area contributed by atoms with Crippen molar-refractivity contribution in [3.63, 3.8) is 0 Å². The second kappa shape index (κ2) is 8.37. The van der Waals surface area contributed by atoms with Gasteiger partial charge in [-0.3, -0.25) is 10.1 Å². The highest BCUT2D eigenvalue weighted by Gasteiger charge is 2.25. The number of hydrogen-bond acceptors (Lipinski definition) is 6. The van der Waals surface area contributed by atoms with Crippen LogP contribution in [0.4, 0.5) is 5.69 Å². The smallest absolute Gasteiger partial charge is 0.271 e. The maximum Gasteiger partial charge on any atom is 0.271 e. The molecule has 0 N–H and O–H groups in total. The fraction of sp³-hybridized carbons (Fsp3) is 0.611.